The van der Waals surface area contributed by atoms with Crippen molar-refractivity contribution in [2.24, 2.45) is 5.10 Å². The molecule has 2 heterocycles. The molecule has 0 aliphatic rings. The number of amides is 1. The number of benzene rings is 1. The second kappa shape index (κ2) is 5.96. The standard InChI is InChI=1S/C15H12N4O3/c20-11-4-1-3-10(7-11)9-16-19-15(21)13-8-12(17-18-13)14-5-2-6-22-14/h1-9,20H,(H,17,18)(H,19,21). The SMILES string of the molecule is O=C(NN=Cc1cccc(O)c1)c1cc(-c2ccco2)[nH]n1. The van der Waals surface area contributed by atoms with Crippen molar-refractivity contribution in [3.8, 4) is 17.2 Å². The van der Waals surface area contributed by atoms with Gasteiger partial charge in [-0.25, -0.2) is 5.43 Å². The van der Waals surface area contributed by atoms with E-state index >= 15 is 0 Å². The zero-order valence-electron chi connectivity index (χ0n) is 11.4. The lowest BCUT2D eigenvalue weighted by atomic mass is 10.2. The highest BCUT2D eigenvalue weighted by molar-refractivity contribution is 5.94. The van der Waals surface area contributed by atoms with E-state index in [-0.39, 0.29) is 11.4 Å². The Bertz CT molecular complexity index is 806. The summed E-state index contributed by atoms with van der Waals surface area (Å²) in [5.74, 6) is 0.269. The first-order chi connectivity index (χ1) is 10.7. The molecule has 0 aliphatic heterocycles. The van der Waals surface area contributed by atoms with Crippen LogP contribution in [0.3, 0.4) is 0 Å². The van der Waals surface area contributed by atoms with Gasteiger partial charge in [-0.1, -0.05) is 12.1 Å². The van der Waals surface area contributed by atoms with E-state index in [1.54, 1.807) is 36.4 Å². The van der Waals surface area contributed by atoms with Crippen LogP contribution in [0.4, 0.5) is 0 Å². The van der Waals surface area contributed by atoms with Crippen LogP contribution in [0.1, 0.15) is 16.1 Å². The van der Waals surface area contributed by atoms with Crippen LogP contribution in [0.5, 0.6) is 5.75 Å². The second-order valence-electron chi connectivity index (χ2n) is 4.44. The molecule has 110 valence electrons. The summed E-state index contributed by atoms with van der Waals surface area (Å²) in [6, 6.07) is 11.6. The second-order valence-corrected chi connectivity index (χ2v) is 4.44. The molecule has 0 bridgehead atoms. The van der Waals surface area contributed by atoms with Gasteiger partial charge in [0, 0.05) is 6.07 Å². The monoisotopic (exact) mass is 296 g/mol. The van der Waals surface area contributed by atoms with Gasteiger partial charge >= 0.3 is 0 Å². The van der Waals surface area contributed by atoms with Crippen LogP contribution < -0.4 is 5.43 Å². The molecule has 2 aromatic heterocycles. The highest BCUT2D eigenvalue weighted by Gasteiger charge is 2.11. The fourth-order valence-electron chi connectivity index (χ4n) is 1.82. The Labute approximate surface area is 125 Å². The number of furan rings is 1. The van der Waals surface area contributed by atoms with Gasteiger partial charge in [-0.3, -0.25) is 9.89 Å². The summed E-state index contributed by atoms with van der Waals surface area (Å²) in [4.78, 5) is 11.9. The van der Waals surface area contributed by atoms with E-state index in [0.717, 1.165) is 0 Å². The van der Waals surface area contributed by atoms with E-state index in [1.807, 2.05) is 0 Å². The van der Waals surface area contributed by atoms with Gasteiger partial charge in [0.05, 0.1) is 12.5 Å². The molecular formula is C15H12N4O3. The molecule has 3 rings (SSSR count). The van der Waals surface area contributed by atoms with Gasteiger partial charge < -0.3 is 9.52 Å². The molecule has 0 fully saturated rings. The Morgan fingerprint density at radius 1 is 1.32 bits per heavy atom. The summed E-state index contributed by atoms with van der Waals surface area (Å²) < 4.78 is 5.21. The van der Waals surface area contributed by atoms with Gasteiger partial charge in [0.1, 0.15) is 11.4 Å². The zero-order chi connectivity index (χ0) is 15.4. The number of phenolic OH excluding ortho intramolecular Hbond substituents is 1. The number of aromatic amines is 1. The first-order valence-electron chi connectivity index (χ1n) is 6.44. The van der Waals surface area contributed by atoms with E-state index < -0.39 is 5.91 Å². The Balaban J connectivity index is 1.65. The Morgan fingerprint density at radius 2 is 2.23 bits per heavy atom. The van der Waals surface area contributed by atoms with Crippen LogP contribution in [-0.4, -0.2) is 27.4 Å². The molecule has 0 aliphatic carbocycles. The Hall–Kier alpha value is -3.35. The average Bonchev–Trinajstić information content (AvgIpc) is 3.18. The molecule has 1 amide bonds. The number of hydrazone groups is 1. The molecule has 3 aromatic rings. The summed E-state index contributed by atoms with van der Waals surface area (Å²) in [5, 5.41) is 19.8. The number of nitrogens with zero attached hydrogens (tertiary/aromatic N) is 2. The van der Waals surface area contributed by atoms with Gasteiger partial charge in [-0.15, -0.1) is 0 Å². The van der Waals surface area contributed by atoms with E-state index in [4.69, 9.17) is 4.42 Å². The molecule has 3 N–H and O–H groups in total. The molecule has 1 aromatic carbocycles. The van der Waals surface area contributed by atoms with Crippen molar-refractivity contribution in [2.45, 2.75) is 0 Å². The summed E-state index contributed by atoms with van der Waals surface area (Å²) >= 11 is 0. The zero-order valence-corrected chi connectivity index (χ0v) is 11.4. The minimum atomic E-state index is -0.453. The van der Waals surface area contributed by atoms with Crippen molar-refractivity contribution >= 4 is 12.1 Å². The number of hydrogen-bond acceptors (Lipinski definition) is 5. The van der Waals surface area contributed by atoms with Gasteiger partial charge in [0.15, 0.2) is 11.5 Å². The van der Waals surface area contributed by atoms with Crippen LogP contribution in [0.15, 0.2) is 58.2 Å². The van der Waals surface area contributed by atoms with Crippen molar-refractivity contribution in [3.05, 3.63) is 60.0 Å². The molecule has 7 nitrogen and oxygen atoms in total. The molecule has 0 saturated carbocycles. The highest BCUT2D eigenvalue weighted by Crippen LogP contribution is 2.17. The number of aromatic nitrogens is 2. The number of hydrogen-bond donors (Lipinski definition) is 3. The first-order valence-corrected chi connectivity index (χ1v) is 6.44. The Kier molecular flexibility index (Phi) is 3.69. The topological polar surface area (TPSA) is 104 Å². The van der Waals surface area contributed by atoms with Crippen molar-refractivity contribution < 1.29 is 14.3 Å². The number of H-pyrrole nitrogens is 1. The van der Waals surface area contributed by atoms with Crippen molar-refractivity contribution in [2.75, 3.05) is 0 Å². The van der Waals surface area contributed by atoms with Gasteiger partial charge in [-0.05, 0) is 29.8 Å². The predicted molar refractivity (Wildman–Crippen MR) is 79.5 cm³/mol. The smallest absolute Gasteiger partial charge is 0.291 e. The van der Waals surface area contributed by atoms with E-state index in [0.29, 0.717) is 17.0 Å². The van der Waals surface area contributed by atoms with E-state index in [2.05, 4.69) is 20.7 Å². The number of aromatic hydroxyl groups is 1. The molecule has 0 atom stereocenters. The van der Waals surface area contributed by atoms with Crippen LogP contribution >= 0.6 is 0 Å². The lowest BCUT2D eigenvalue weighted by Gasteiger charge is -1.96. The quantitative estimate of drug-likeness (QED) is 0.507. The maximum atomic E-state index is 11.9. The Morgan fingerprint density at radius 3 is 3.00 bits per heavy atom. The number of carbonyl (C=O) groups is 1. The first kappa shape index (κ1) is 13.6. The summed E-state index contributed by atoms with van der Waals surface area (Å²) in [6.07, 6.45) is 2.97. The lowest BCUT2D eigenvalue weighted by Crippen LogP contribution is -2.17. The maximum absolute atomic E-state index is 11.9. The summed E-state index contributed by atoms with van der Waals surface area (Å²) in [6.45, 7) is 0. The normalized spacial score (nSPS) is 10.9. The fourth-order valence-corrected chi connectivity index (χ4v) is 1.82. The number of phenols is 1. The molecule has 22 heavy (non-hydrogen) atoms. The summed E-state index contributed by atoms with van der Waals surface area (Å²) in [5.41, 5.74) is 3.82. The van der Waals surface area contributed by atoms with Crippen LogP contribution in [0, 0.1) is 0 Å². The van der Waals surface area contributed by atoms with Crippen molar-refractivity contribution in [1.29, 1.82) is 0 Å². The number of nitrogens with one attached hydrogen (secondary N) is 2. The van der Waals surface area contributed by atoms with Crippen molar-refractivity contribution in [3.63, 3.8) is 0 Å². The van der Waals surface area contributed by atoms with Gasteiger partial charge in [-0.2, -0.15) is 10.2 Å². The largest absolute Gasteiger partial charge is 0.508 e. The summed E-state index contributed by atoms with van der Waals surface area (Å²) in [7, 11) is 0. The lowest BCUT2D eigenvalue weighted by molar-refractivity contribution is 0.0950. The number of carbonyl (C=O) groups excluding carboxylic acids is 1. The van der Waals surface area contributed by atoms with Gasteiger partial charge in [0.2, 0.25) is 0 Å². The van der Waals surface area contributed by atoms with Gasteiger partial charge in [0.25, 0.3) is 5.91 Å². The van der Waals surface area contributed by atoms with Crippen LogP contribution in [-0.2, 0) is 0 Å². The maximum Gasteiger partial charge on any atom is 0.291 e. The molecule has 0 saturated heterocycles. The highest BCUT2D eigenvalue weighted by atomic mass is 16.3. The van der Waals surface area contributed by atoms with E-state index in [9.17, 15) is 9.90 Å². The fraction of sp³-hybridized carbons (Fsp3) is 0. The molecule has 7 heteroatoms. The molecular weight excluding hydrogens is 284 g/mol. The van der Waals surface area contributed by atoms with Crippen LogP contribution in [0.2, 0.25) is 0 Å². The molecule has 0 unspecified atom stereocenters. The third-order valence-electron chi connectivity index (χ3n) is 2.85. The molecule has 0 spiro atoms. The average molecular weight is 296 g/mol. The van der Waals surface area contributed by atoms with E-state index in [1.165, 1.54) is 18.5 Å². The predicted octanol–water partition coefficient (Wildman–Crippen LogP) is 2.14. The minimum Gasteiger partial charge on any atom is -0.508 e. The minimum absolute atomic E-state index is 0.130. The van der Waals surface area contributed by atoms with Crippen LogP contribution in [0.25, 0.3) is 11.5 Å². The van der Waals surface area contributed by atoms with Crippen molar-refractivity contribution in [1.82, 2.24) is 15.6 Å². The molecule has 0 radical (unpaired) electrons. The third-order valence-corrected chi connectivity index (χ3v) is 2.85. The number of rotatable bonds is 4. The third kappa shape index (κ3) is 3.04.